The lowest BCUT2D eigenvalue weighted by Crippen LogP contribution is -2.18. The van der Waals surface area contributed by atoms with Crippen LogP contribution in [0.3, 0.4) is 0 Å². The monoisotopic (exact) mass is 299 g/mol. The summed E-state index contributed by atoms with van der Waals surface area (Å²) in [4.78, 5) is 13.7. The second-order valence-electron chi connectivity index (χ2n) is 4.68. The summed E-state index contributed by atoms with van der Waals surface area (Å²) in [7, 11) is 0. The molecule has 0 aromatic carbocycles. The van der Waals surface area contributed by atoms with E-state index in [1.165, 1.54) is 5.56 Å². The minimum Gasteiger partial charge on any atom is -0.369 e. The topological polar surface area (TPSA) is 62.7 Å². The summed E-state index contributed by atoms with van der Waals surface area (Å²) in [6.45, 7) is 2.71. The van der Waals surface area contributed by atoms with Gasteiger partial charge in [-0.1, -0.05) is 6.07 Å². The lowest BCUT2D eigenvalue weighted by atomic mass is 10.3. The summed E-state index contributed by atoms with van der Waals surface area (Å²) < 4.78 is 0. The van der Waals surface area contributed by atoms with Crippen molar-refractivity contribution in [2.45, 2.75) is 13.0 Å². The fourth-order valence-corrected chi connectivity index (χ4v) is 2.82. The van der Waals surface area contributed by atoms with Crippen molar-refractivity contribution in [2.24, 2.45) is 0 Å². The van der Waals surface area contributed by atoms with Gasteiger partial charge >= 0.3 is 0 Å². The molecular formula is C15H17N5S. The fourth-order valence-electron chi connectivity index (χ4n) is 2.09. The second-order valence-corrected chi connectivity index (χ2v) is 5.57. The van der Waals surface area contributed by atoms with Crippen molar-refractivity contribution >= 4 is 27.4 Å². The average Bonchev–Trinajstić information content (AvgIpc) is 3.01. The largest absolute Gasteiger partial charge is 0.369 e. The van der Waals surface area contributed by atoms with E-state index in [0.717, 1.165) is 42.1 Å². The van der Waals surface area contributed by atoms with Gasteiger partial charge in [0.25, 0.3) is 0 Å². The predicted octanol–water partition coefficient (Wildman–Crippen LogP) is 2.68. The molecule has 0 aliphatic heterocycles. The first-order valence-electron chi connectivity index (χ1n) is 6.95. The molecule has 0 bridgehead atoms. The van der Waals surface area contributed by atoms with Crippen LogP contribution in [0.1, 0.15) is 12.0 Å². The molecule has 2 N–H and O–H groups in total. The highest BCUT2D eigenvalue weighted by Crippen LogP contribution is 2.23. The van der Waals surface area contributed by atoms with E-state index in [1.54, 1.807) is 23.9 Å². The fraction of sp³-hybridized carbons (Fsp3) is 0.267. The summed E-state index contributed by atoms with van der Waals surface area (Å²) in [5.74, 6) is 0.925. The maximum Gasteiger partial charge on any atom is 0.138 e. The molecule has 0 saturated carbocycles. The van der Waals surface area contributed by atoms with Crippen LogP contribution in [0.15, 0.2) is 42.3 Å². The van der Waals surface area contributed by atoms with Crippen LogP contribution in [0, 0.1) is 0 Å². The number of pyridine rings is 1. The van der Waals surface area contributed by atoms with Gasteiger partial charge in [0.05, 0.1) is 5.39 Å². The normalized spacial score (nSPS) is 10.9. The molecular weight excluding hydrogens is 282 g/mol. The van der Waals surface area contributed by atoms with Gasteiger partial charge in [0, 0.05) is 25.5 Å². The Kier molecular flexibility index (Phi) is 4.70. The number of nitrogens with one attached hydrogen (secondary N) is 2. The number of thiophene rings is 1. The lowest BCUT2D eigenvalue weighted by molar-refractivity contribution is 0.661. The first-order chi connectivity index (χ1) is 10.4. The van der Waals surface area contributed by atoms with Crippen LogP contribution in [0.25, 0.3) is 10.2 Å². The van der Waals surface area contributed by atoms with Crippen LogP contribution in [0.5, 0.6) is 0 Å². The Morgan fingerprint density at radius 2 is 2.14 bits per heavy atom. The third-order valence-electron chi connectivity index (χ3n) is 3.14. The minimum absolute atomic E-state index is 0.857. The quantitative estimate of drug-likeness (QED) is 0.657. The smallest absolute Gasteiger partial charge is 0.138 e. The third kappa shape index (κ3) is 3.74. The Morgan fingerprint density at radius 3 is 3.05 bits per heavy atom. The number of fused-ring (bicyclic) bond motifs is 1. The molecule has 0 saturated heterocycles. The zero-order valence-electron chi connectivity index (χ0n) is 11.6. The van der Waals surface area contributed by atoms with Gasteiger partial charge in [-0.2, -0.15) is 0 Å². The van der Waals surface area contributed by atoms with Crippen LogP contribution in [-0.4, -0.2) is 28.0 Å². The Balaban J connectivity index is 1.40. The first-order valence-corrected chi connectivity index (χ1v) is 7.83. The van der Waals surface area contributed by atoms with E-state index < -0.39 is 0 Å². The molecule has 3 heterocycles. The molecule has 21 heavy (non-hydrogen) atoms. The number of aromatic nitrogens is 3. The molecule has 0 atom stereocenters. The molecule has 6 heteroatoms. The highest BCUT2D eigenvalue weighted by molar-refractivity contribution is 7.16. The number of nitrogens with zero attached hydrogens (tertiary/aromatic N) is 3. The number of anilines is 1. The van der Waals surface area contributed by atoms with Crippen LogP contribution < -0.4 is 10.6 Å². The number of hydrogen-bond acceptors (Lipinski definition) is 6. The molecule has 108 valence electrons. The van der Waals surface area contributed by atoms with Crippen LogP contribution in [-0.2, 0) is 6.54 Å². The van der Waals surface area contributed by atoms with Gasteiger partial charge in [-0.05, 0) is 36.0 Å². The van der Waals surface area contributed by atoms with Crippen LogP contribution in [0.4, 0.5) is 5.82 Å². The highest BCUT2D eigenvalue weighted by atomic mass is 32.1. The van der Waals surface area contributed by atoms with Gasteiger partial charge in [0.1, 0.15) is 17.0 Å². The van der Waals surface area contributed by atoms with Crippen molar-refractivity contribution in [1.82, 2.24) is 20.3 Å². The molecule has 3 aromatic heterocycles. The summed E-state index contributed by atoms with van der Waals surface area (Å²) in [5.41, 5.74) is 1.21. The third-order valence-corrected chi connectivity index (χ3v) is 3.96. The number of rotatable bonds is 7. The summed E-state index contributed by atoms with van der Waals surface area (Å²) >= 11 is 1.64. The van der Waals surface area contributed by atoms with Crippen molar-refractivity contribution in [3.8, 4) is 0 Å². The van der Waals surface area contributed by atoms with Crippen molar-refractivity contribution in [2.75, 3.05) is 18.4 Å². The Bertz CT molecular complexity index is 683. The SMILES string of the molecule is c1cncc(CNCCCNc2ncnc3sccc23)c1. The molecule has 0 unspecified atom stereocenters. The molecule has 3 rings (SSSR count). The number of hydrogen-bond donors (Lipinski definition) is 2. The maximum absolute atomic E-state index is 4.30. The molecule has 0 spiro atoms. The van der Waals surface area contributed by atoms with Crippen molar-refractivity contribution in [3.63, 3.8) is 0 Å². The van der Waals surface area contributed by atoms with Gasteiger partial charge in [-0.15, -0.1) is 11.3 Å². The summed E-state index contributed by atoms with van der Waals surface area (Å²) in [5, 5.41) is 9.93. The molecule has 0 amide bonds. The van der Waals surface area contributed by atoms with E-state index in [0.29, 0.717) is 0 Å². The average molecular weight is 299 g/mol. The van der Waals surface area contributed by atoms with Crippen molar-refractivity contribution in [1.29, 1.82) is 0 Å². The van der Waals surface area contributed by atoms with Gasteiger partial charge in [-0.3, -0.25) is 4.98 Å². The molecule has 0 aliphatic rings. The van der Waals surface area contributed by atoms with Gasteiger partial charge in [0.2, 0.25) is 0 Å². The van der Waals surface area contributed by atoms with E-state index in [9.17, 15) is 0 Å². The van der Waals surface area contributed by atoms with Gasteiger partial charge in [-0.25, -0.2) is 9.97 Å². The Morgan fingerprint density at radius 1 is 1.14 bits per heavy atom. The van der Waals surface area contributed by atoms with E-state index in [-0.39, 0.29) is 0 Å². The van der Waals surface area contributed by atoms with E-state index in [1.807, 2.05) is 17.6 Å². The minimum atomic E-state index is 0.857. The molecule has 5 nitrogen and oxygen atoms in total. The molecule has 0 aliphatic carbocycles. The first kappa shape index (κ1) is 13.9. The Labute approximate surface area is 127 Å². The van der Waals surface area contributed by atoms with E-state index in [2.05, 4.69) is 37.7 Å². The maximum atomic E-state index is 4.30. The summed E-state index contributed by atoms with van der Waals surface area (Å²) in [6, 6.07) is 6.09. The molecule has 3 aromatic rings. The standard InChI is InChI=1S/C15H17N5S/c1-3-12(9-16-5-1)10-17-6-2-7-18-14-13-4-8-21-15(13)20-11-19-14/h1,3-5,8-9,11,17H,2,6-7,10H2,(H,18,19,20). The lowest BCUT2D eigenvalue weighted by Gasteiger charge is -2.07. The van der Waals surface area contributed by atoms with Crippen molar-refractivity contribution in [3.05, 3.63) is 47.9 Å². The zero-order valence-corrected chi connectivity index (χ0v) is 12.4. The van der Waals surface area contributed by atoms with Crippen LogP contribution in [0.2, 0.25) is 0 Å². The van der Waals surface area contributed by atoms with E-state index >= 15 is 0 Å². The molecule has 0 fully saturated rings. The highest BCUT2D eigenvalue weighted by Gasteiger charge is 2.03. The Hall–Kier alpha value is -2.05. The molecule has 0 radical (unpaired) electrons. The van der Waals surface area contributed by atoms with E-state index in [4.69, 9.17) is 0 Å². The van der Waals surface area contributed by atoms with Crippen molar-refractivity contribution < 1.29 is 0 Å². The van der Waals surface area contributed by atoms with Gasteiger partial charge in [0.15, 0.2) is 0 Å². The second kappa shape index (κ2) is 7.10. The summed E-state index contributed by atoms with van der Waals surface area (Å²) in [6.07, 6.45) is 6.33. The zero-order chi connectivity index (χ0) is 14.3. The predicted molar refractivity (Wildman–Crippen MR) is 86.5 cm³/mol. The van der Waals surface area contributed by atoms with Gasteiger partial charge < -0.3 is 10.6 Å². The van der Waals surface area contributed by atoms with Crippen LogP contribution >= 0.6 is 11.3 Å².